The molecule has 1 amide bonds. The number of ether oxygens (including phenoxy) is 1. The van der Waals surface area contributed by atoms with Crippen molar-refractivity contribution in [1.29, 1.82) is 0 Å². The van der Waals surface area contributed by atoms with Crippen molar-refractivity contribution >= 4 is 16.8 Å². The average molecular weight is 477 g/mol. The Morgan fingerprint density at radius 1 is 0.972 bits per heavy atom. The van der Waals surface area contributed by atoms with Crippen LogP contribution >= 0.6 is 0 Å². The summed E-state index contributed by atoms with van der Waals surface area (Å²) in [5.41, 5.74) is 6.69. The molecule has 182 valence electrons. The molecule has 4 aromatic rings. The fraction of sp³-hybridized carbons (Fsp3) is 0.344. The Balaban J connectivity index is 1.41. The molecule has 4 nitrogen and oxygen atoms in total. The van der Waals surface area contributed by atoms with Crippen molar-refractivity contribution in [1.82, 2.24) is 9.47 Å². The van der Waals surface area contributed by atoms with Crippen LogP contribution in [0.25, 0.3) is 16.6 Å². The van der Waals surface area contributed by atoms with Crippen LogP contribution in [-0.2, 0) is 23.1 Å². The Kier molecular flexibility index (Phi) is 4.99. The van der Waals surface area contributed by atoms with E-state index in [0.29, 0.717) is 11.8 Å². The maximum absolute atomic E-state index is 13.1. The van der Waals surface area contributed by atoms with Gasteiger partial charge in [0.1, 0.15) is 5.75 Å². The second-order valence-electron chi connectivity index (χ2n) is 10.9. The van der Waals surface area contributed by atoms with Crippen LogP contribution in [0.2, 0.25) is 0 Å². The number of carbonyl (C=O) groups is 1. The predicted molar refractivity (Wildman–Crippen MR) is 143 cm³/mol. The van der Waals surface area contributed by atoms with Crippen LogP contribution in [-0.4, -0.2) is 35.6 Å². The summed E-state index contributed by atoms with van der Waals surface area (Å²) in [4.78, 5) is 15.3. The van der Waals surface area contributed by atoms with Gasteiger partial charge in [-0.25, -0.2) is 0 Å². The molecule has 1 aromatic heterocycles. The molecule has 36 heavy (non-hydrogen) atoms. The van der Waals surface area contributed by atoms with Gasteiger partial charge in [-0.3, -0.25) is 4.79 Å². The van der Waals surface area contributed by atoms with Gasteiger partial charge < -0.3 is 14.2 Å². The molecule has 2 unspecified atom stereocenters. The first kappa shape index (κ1) is 21.7. The summed E-state index contributed by atoms with van der Waals surface area (Å²) in [5, 5.41) is 1.35. The molecule has 0 radical (unpaired) electrons. The largest absolute Gasteiger partial charge is 0.497 e. The fourth-order valence-electron chi connectivity index (χ4n) is 6.96. The molecular weight excluding hydrogens is 444 g/mol. The van der Waals surface area contributed by atoms with Gasteiger partial charge in [0.15, 0.2) is 0 Å². The molecule has 1 saturated carbocycles. The topological polar surface area (TPSA) is 34.5 Å². The van der Waals surface area contributed by atoms with E-state index in [1.807, 2.05) is 6.07 Å². The van der Waals surface area contributed by atoms with E-state index >= 15 is 0 Å². The zero-order valence-electron chi connectivity index (χ0n) is 20.8. The highest BCUT2D eigenvalue weighted by molar-refractivity contribution is 5.88. The molecule has 2 atom stereocenters. The number of nitrogens with zero attached hydrogens (tertiary/aromatic N) is 2. The zero-order valence-corrected chi connectivity index (χ0v) is 20.8. The Morgan fingerprint density at radius 3 is 2.58 bits per heavy atom. The van der Waals surface area contributed by atoms with Gasteiger partial charge in [0.2, 0.25) is 5.91 Å². The Bertz CT molecular complexity index is 1450. The van der Waals surface area contributed by atoms with E-state index < -0.39 is 0 Å². The molecule has 0 bridgehead atoms. The summed E-state index contributed by atoms with van der Waals surface area (Å²) in [5.74, 6) is 1.94. The summed E-state index contributed by atoms with van der Waals surface area (Å²) in [7, 11) is 1.75. The van der Waals surface area contributed by atoms with Gasteiger partial charge in [0.05, 0.1) is 12.6 Å². The van der Waals surface area contributed by atoms with E-state index in [1.165, 1.54) is 33.4 Å². The standard InChI is InChI=1S/C32H32N2O2/c1-36-26-11-7-8-23(18-26)32-16-17-33(31(35)22-14-15-22)21-24(32)19-28-27-12-5-6-13-29(27)34(30(28)20-32)25-9-3-2-4-10-25/h2-13,18,22,24H,14-17,19-21H2,1H3. The van der Waals surface area contributed by atoms with Crippen LogP contribution in [0, 0.1) is 11.8 Å². The van der Waals surface area contributed by atoms with E-state index in [2.05, 4.69) is 82.3 Å². The lowest BCUT2D eigenvalue weighted by atomic mass is 9.58. The van der Waals surface area contributed by atoms with Gasteiger partial charge in [0.25, 0.3) is 0 Å². The molecule has 2 heterocycles. The van der Waals surface area contributed by atoms with Crippen LogP contribution in [0.5, 0.6) is 5.75 Å². The highest BCUT2D eigenvalue weighted by atomic mass is 16.5. The average Bonchev–Trinajstić information content (AvgIpc) is 3.74. The third-order valence-electron chi connectivity index (χ3n) is 8.97. The van der Waals surface area contributed by atoms with Crippen molar-refractivity contribution in [2.75, 3.05) is 20.2 Å². The van der Waals surface area contributed by atoms with Crippen LogP contribution < -0.4 is 4.74 Å². The number of fused-ring (bicyclic) bond motifs is 4. The smallest absolute Gasteiger partial charge is 0.225 e. The SMILES string of the molecule is COc1cccc(C23CCN(C(=O)C4CC4)CC2Cc2c(n(-c4ccccc4)c4ccccc24)C3)c1. The number of amides is 1. The van der Waals surface area contributed by atoms with Crippen molar-refractivity contribution in [2.24, 2.45) is 11.8 Å². The molecule has 2 aliphatic carbocycles. The summed E-state index contributed by atoms with van der Waals surface area (Å²) < 4.78 is 8.15. The van der Waals surface area contributed by atoms with Crippen molar-refractivity contribution < 1.29 is 9.53 Å². The monoisotopic (exact) mass is 476 g/mol. The van der Waals surface area contributed by atoms with Crippen molar-refractivity contribution in [2.45, 2.75) is 37.5 Å². The van der Waals surface area contributed by atoms with Gasteiger partial charge in [-0.2, -0.15) is 0 Å². The first-order valence-electron chi connectivity index (χ1n) is 13.3. The van der Waals surface area contributed by atoms with E-state index in [0.717, 1.165) is 50.9 Å². The Hall–Kier alpha value is -3.53. The summed E-state index contributed by atoms with van der Waals surface area (Å²) in [6, 6.07) is 28.3. The maximum Gasteiger partial charge on any atom is 0.225 e. The van der Waals surface area contributed by atoms with Crippen LogP contribution in [0.4, 0.5) is 0 Å². The second kappa shape index (κ2) is 8.26. The molecule has 0 N–H and O–H groups in total. The number of para-hydroxylation sites is 2. The molecule has 4 heteroatoms. The number of aromatic nitrogens is 1. The summed E-state index contributed by atoms with van der Waals surface area (Å²) >= 11 is 0. The Morgan fingerprint density at radius 2 is 1.78 bits per heavy atom. The molecule has 2 fully saturated rings. The molecular formula is C32H32N2O2. The summed E-state index contributed by atoms with van der Waals surface area (Å²) in [6.45, 7) is 1.68. The van der Waals surface area contributed by atoms with E-state index in [-0.39, 0.29) is 11.3 Å². The number of likely N-dealkylation sites (tertiary alicyclic amines) is 1. The predicted octanol–water partition coefficient (Wildman–Crippen LogP) is 5.93. The lowest BCUT2D eigenvalue weighted by Gasteiger charge is -2.51. The number of piperidine rings is 1. The molecule has 1 aliphatic heterocycles. The van der Waals surface area contributed by atoms with E-state index in [1.54, 1.807) is 7.11 Å². The molecule has 7 rings (SSSR count). The number of hydrogen-bond donors (Lipinski definition) is 0. The van der Waals surface area contributed by atoms with Gasteiger partial charge in [-0.05, 0) is 79.5 Å². The first-order chi connectivity index (χ1) is 17.7. The summed E-state index contributed by atoms with van der Waals surface area (Å²) in [6.07, 6.45) is 5.07. The minimum absolute atomic E-state index is 0.0250. The Labute approximate surface area is 212 Å². The van der Waals surface area contributed by atoms with E-state index in [4.69, 9.17) is 4.74 Å². The maximum atomic E-state index is 13.1. The number of methoxy groups -OCH3 is 1. The number of hydrogen-bond acceptors (Lipinski definition) is 2. The third kappa shape index (κ3) is 3.31. The van der Waals surface area contributed by atoms with Gasteiger partial charge in [-0.15, -0.1) is 0 Å². The fourth-order valence-corrected chi connectivity index (χ4v) is 6.96. The highest BCUT2D eigenvalue weighted by Crippen LogP contribution is 2.51. The van der Waals surface area contributed by atoms with E-state index in [9.17, 15) is 4.79 Å². The minimum atomic E-state index is -0.0250. The highest BCUT2D eigenvalue weighted by Gasteiger charge is 2.50. The van der Waals surface area contributed by atoms with Crippen LogP contribution in [0.15, 0.2) is 78.9 Å². The van der Waals surface area contributed by atoms with Crippen molar-refractivity contribution in [3.05, 3.63) is 95.7 Å². The normalized spacial score (nSPS) is 23.2. The quantitative estimate of drug-likeness (QED) is 0.366. The number of rotatable bonds is 4. The van der Waals surface area contributed by atoms with Crippen molar-refractivity contribution in [3.8, 4) is 11.4 Å². The first-order valence-corrected chi connectivity index (χ1v) is 13.3. The number of benzene rings is 3. The molecule has 1 saturated heterocycles. The van der Waals surface area contributed by atoms with Crippen LogP contribution in [0.1, 0.15) is 36.1 Å². The molecule has 3 aromatic carbocycles. The number of carbonyl (C=O) groups excluding carboxylic acids is 1. The van der Waals surface area contributed by atoms with Gasteiger partial charge in [0, 0.05) is 41.2 Å². The van der Waals surface area contributed by atoms with Crippen LogP contribution in [0.3, 0.4) is 0 Å². The third-order valence-corrected chi connectivity index (χ3v) is 8.97. The second-order valence-corrected chi connectivity index (χ2v) is 10.9. The van der Waals surface area contributed by atoms with Crippen molar-refractivity contribution in [3.63, 3.8) is 0 Å². The lowest BCUT2D eigenvalue weighted by Crippen LogP contribution is -2.55. The lowest BCUT2D eigenvalue weighted by molar-refractivity contribution is -0.135. The zero-order chi connectivity index (χ0) is 24.3. The molecule has 3 aliphatic rings. The van der Waals surface area contributed by atoms with Gasteiger partial charge >= 0.3 is 0 Å². The minimum Gasteiger partial charge on any atom is -0.497 e. The van der Waals surface area contributed by atoms with Gasteiger partial charge in [-0.1, -0.05) is 48.5 Å². The molecule has 0 spiro atoms.